The van der Waals surface area contributed by atoms with Crippen LogP contribution in [0.3, 0.4) is 0 Å². The van der Waals surface area contributed by atoms with E-state index >= 15 is 0 Å². The van der Waals surface area contributed by atoms with E-state index in [1.165, 1.54) is 25.7 Å². The van der Waals surface area contributed by atoms with Crippen molar-refractivity contribution in [1.29, 1.82) is 0 Å². The number of aryl methyl sites for hydroxylation is 1. The smallest absolute Gasteiger partial charge is 0.134 e. The Labute approximate surface area is 108 Å². The molecule has 1 aromatic heterocycles. The quantitative estimate of drug-likeness (QED) is 0.870. The largest absolute Gasteiger partial charge is 0.461 e. The van der Waals surface area contributed by atoms with Gasteiger partial charge in [-0.1, -0.05) is 43.9 Å². The number of hydrogen-bond donors (Lipinski definition) is 1. The molecule has 1 aliphatic carbocycles. The first-order chi connectivity index (χ1) is 8.75. The molecule has 96 valence electrons. The van der Waals surface area contributed by atoms with Crippen LogP contribution in [0.5, 0.6) is 0 Å². The molecule has 2 nitrogen and oxygen atoms in total. The summed E-state index contributed by atoms with van der Waals surface area (Å²) < 4.78 is 5.72. The van der Waals surface area contributed by atoms with E-state index in [9.17, 15) is 5.11 Å². The maximum absolute atomic E-state index is 10.5. The average molecular weight is 244 g/mol. The van der Waals surface area contributed by atoms with Gasteiger partial charge in [-0.3, -0.25) is 0 Å². The van der Waals surface area contributed by atoms with E-state index in [0.717, 1.165) is 28.7 Å². The van der Waals surface area contributed by atoms with Gasteiger partial charge >= 0.3 is 0 Å². The summed E-state index contributed by atoms with van der Waals surface area (Å²) in [7, 11) is 0. The molecule has 0 aliphatic heterocycles. The van der Waals surface area contributed by atoms with E-state index in [4.69, 9.17) is 4.42 Å². The van der Waals surface area contributed by atoms with Gasteiger partial charge in [-0.05, 0) is 25.3 Å². The van der Waals surface area contributed by atoms with Crippen molar-refractivity contribution >= 4 is 11.0 Å². The number of hydrogen-bond acceptors (Lipinski definition) is 2. The van der Waals surface area contributed by atoms with Crippen LogP contribution < -0.4 is 0 Å². The third-order valence-corrected chi connectivity index (χ3v) is 4.18. The summed E-state index contributed by atoms with van der Waals surface area (Å²) in [5, 5.41) is 11.6. The molecule has 1 N–H and O–H groups in total. The van der Waals surface area contributed by atoms with Gasteiger partial charge < -0.3 is 9.52 Å². The second-order valence-corrected chi connectivity index (χ2v) is 5.47. The van der Waals surface area contributed by atoms with Crippen molar-refractivity contribution in [2.24, 2.45) is 5.92 Å². The molecule has 2 aromatic rings. The predicted molar refractivity (Wildman–Crippen MR) is 72.5 cm³/mol. The third-order valence-electron chi connectivity index (χ3n) is 4.18. The third kappa shape index (κ3) is 2.05. The molecule has 1 fully saturated rings. The molecule has 0 radical (unpaired) electrons. The van der Waals surface area contributed by atoms with Crippen molar-refractivity contribution in [3.05, 3.63) is 35.6 Å². The van der Waals surface area contributed by atoms with Gasteiger partial charge in [-0.15, -0.1) is 0 Å². The molecule has 1 atom stereocenters. The van der Waals surface area contributed by atoms with Crippen molar-refractivity contribution < 1.29 is 9.52 Å². The fourth-order valence-electron chi connectivity index (χ4n) is 3.28. The number of furan rings is 1. The van der Waals surface area contributed by atoms with Crippen LogP contribution in [0.4, 0.5) is 0 Å². The van der Waals surface area contributed by atoms with E-state index in [1.807, 2.05) is 31.2 Å². The highest BCUT2D eigenvalue weighted by Gasteiger charge is 2.23. The lowest BCUT2D eigenvalue weighted by Gasteiger charge is -2.15. The number of rotatable bonds is 3. The summed E-state index contributed by atoms with van der Waals surface area (Å²) >= 11 is 0. The molecule has 1 aliphatic rings. The van der Waals surface area contributed by atoms with Crippen LogP contribution >= 0.6 is 0 Å². The minimum atomic E-state index is -0.378. The molecular formula is C16H20O2. The van der Waals surface area contributed by atoms with Crippen molar-refractivity contribution in [3.63, 3.8) is 0 Å². The summed E-state index contributed by atoms with van der Waals surface area (Å²) in [5.74, 6) is 1.55. The van der Waals surface area contributed by atoms with E-state index in [-0.39, 0.29) is 6.10 Å². The van der Waals surface area contributed by atoms with Gasteiger partial charge in [-0.25, -0.2) is 0 Å². The first kappa shape index (κ1) is 11.8. The van der Waals surface area contributed by atoms with Crippen molar-refractivity contribution in [1.82, 2.24) is 0 Å². The molecule has 18 heavy (non-hydrogen) atoms. The van der Waals surface area contributed by atoms with Crippen LogP contribution in [0.25, 0.3) is 11.0 Å². The first-order valence-corrected chi connectivity index (χ1v) is 6.92. The Morgan fingerprint density at radius 1 is 1.28 bits per heavy atom. The molecule has 0 bridgehead atoms. The highest BCUT2D eigenvalue weighted by Crippen LogP contribution is 2.37. The van der Waals surface area contributed by atoms with E-state index < -0.39 is 0 Å². The lowest BCUT2D eigenvalue weighted by atomic mass is 9.94. The second-order valence-electron chi connectivity index (χ2n) is 5.47. The Balaban J connectivity index is 1.90. The minimum Gasteiger partial charge on any atom is -0.461 e. The van der Waals surface area contributed by atoms with Gasteiger partial charge in [-0.2, -0.15) is 0 Å². The molecule has 0 saturated heterocycles. The van der Waals surface area contributed by atoms with Crippen LogP contribution in [-0.4, -0.2) is 5.11 Å². The Bertz CT molecular complexity index is 535. The van der Waals surface area contributed by atoms with Gasteiger partial charge in [0.05, 0.1) is 6.10 Å². The van der Waals surface area contributed by atoms with Crippen LogP contribution in [-0.2, 0) is 0 Å². The molecular weight excluding hydrogens is 224 g/mol. The zero-order chi connectivity index (χ0) is 12.5. The fraction of sp³-hybridized carbons (Fsp3) is 0.500. The number of benzene rings is 1. The van der Waals surface area contributed by atoms with E-state index in [1.54, 1.807) is 0 Å². The SMILES string of the molecule is Cc1oc2ccccc2c1C(O)CC1CCCC1. The number of aliphatic hydroxyl groups is 1. The fourth-order valence-corrected chi connectivity index (χ4v) is 3.28. The van der Waals surface area contributed by atoms with E-state index in [2.05, 4.69) is 0 Å². The Morgan fingerprint density at radius 2 is 2.00 bits per heavy atom. The highest BCUT2D eigenvalue weighted by molar-refractivity contribution is 5.82. The monoisotopic (exact) mass is 244 g/mol. The van der Waals surface area contributed by atoms with Gasteiger partial charge in [0.15, 0.2) is 0 Å². The van der Waals surface area contributed by atoms with Crippen LogP contribution in [0.15, 0.2) is 28.7 Å². The van der Waals surface area contributed by atoms with Crippen molar-refractivity contribution in [3.8, 4) is 0 Å². The summed E-state index contributed by atoms with van der Waals surface area (Å²) in [6.07, 6.45) is 5.68. The Kier molecular flexibility index (Phi) is 3.13. The molecule has 2 heteroatoms. The normalized spacial score (nSPS) is 18.6. The summed E-state index contributed by atoms with van der Waals surface area (Å²) in [6.45, 7) is 1.95. The lowest BCUT2D eigenvalue weighted by molar-refractivity contribution is 0.144. The Hall–Kier alpha value is -1.28. The van der Waals surface area contributed by atoms with Crippen molar-refractivity contribution in [2.45, 2.75) is 45.1 Å². The minimum absolute atomic E-state index is 0.378. The molecule has 1 aromatic carbocycles. The number of para-hydroxylation sites is 1. The average Bonchev–Trinajstić information content (AvgIpc) is 2.94. The standard InChI is InChI=1S/C16H20O2/c1-11-16(13-8-4-5-9-15(13)18-11)14(17)10-12-6-2-3-7-12/h4-5,8-9,12,14,17H,2-3,6-7,10H2,1H3. The zero-order valence-corrected chi connectivity index (χ0v) is 10.9. The molecule has 0 spiro atoms. The Morgan fingerprint density at radius 3 is 2.78 bits per heavy atom. The maximum Gasteiger partial charge on any atom is 0.134 e. The molecule has 0 amide bonds. The summed E-state index contributed by atoms with van der Waals surface area (Å²) in [5.41, 5.74) is 1.88. The van der Waals surface area contributed by atoms with Crippen LogP contribution in [0.2, 0.25) is 0 Å². The molecule has 1 saturated carbocycles. The van der Waals surface area contributed by atoms with Crippen LogP contribution in [0.1, 0.15) is 49.5 Å². The molecule has 3 rings (SSSR count). The molecule has 1 unspecified atom stereocenters. The van der Waals surface area contributed by atoms with Gasteiger partial charge in [0.25, 0.3) is 0 Å². The van der Waals surface area contributed by atoms with E-state index in [0.29, 0.717) is 5.92 Å². The van der Waals surface area contributed by atoms with Gasteiger partial charge in [0.2, 0.25) is 0 Å². The van der Waals surface area contributed by atoms with Gasteiger partial charge in [0.1, 0.15) is 11.3 Å². The van der Waals surface area contributed by atoms with Gasteiger partial charge in [0, 0.05) is 10.9 Å². The number of aliphatic hydroxyl groups excluding tert-OH is 1. The maximum atomic E-state index is 10.5. The second kappa shape index (κ2) is 4.77. The van der Waals surface area contributed by atoms with Crippen molar-refractivity contribution in [2.75, 3.05) is 0 Å². The molecule has 1 heterocycles. The summed E-state index contributed by atoms with van der Waals surface area (Å²) in [6, 6.07) is 7.98. The predicted octanol–water partition coefficient (Wildman–Crippen LogP) is 4.35. The highest BCUT2D eigenvalue weighted by atomic mass is 16.3. The zero-order valence-electron chi connectivity index (χ0n) is 10.9. The lowest BCUT2D eigenvalue weighted by Crippen LogP contribution is -2.04. The number of fused-ring (bicyclic) bond motifs is 1. The van der Waals surface area contributed by atoms with Crippen LogP contribution in [0, 0.1) is 12.8 Å². The first-order valence-electron chi connectivity index (χ1n) is 6.92. The summed E-state index contributed by atoms with van der Waals surface area (Å²) in [4.78, 5) is 0. The topological polar surface area (TPSA) is 33.4 Å².